The van der Waals surface area contributed by atoms with Gasteiger partial charge in [-0.3, -0.25) is 0 Å². The Morgan fingerprint density at radius 2 is 1.75 bits per heavy atom. The van der Waals surface area contributed by atoms with E-state index >= 15 is 0 Å². The van der Waals surface area contributed by atoms with Crippen molar-refractivity contribution in [1.29, 1.82) is 0 Å². The summed E-state index contributed by atoms with van der Waals surface area (Å²) in [7, 11) is 0. The summed E-state index contributed by atoms with van der Waals surface area (Å²) in [5.41, 5.74) is 0. The highest BCUT2D eigenvalue weighted by Crippen LogP contribution is 2.45. The van der Waals surface area contributed by atoms with Gasteiger partial charge in [-0.1, -0.05) is 11.8 Å². The molecule has 0 aliphatic rings. The van der Waals surface area contributed by atoms with Crippen LogP contribution in [0.5, 0.6) is 0 Å². The first-order chi connectivity index (χ1) is 7.33. The zero-order valence-electron chi connectivity index (χ0n) is 7.84. The molecule has 0 bridgehead atoms. The third kappa shape index (κ3) is 4.21. The van der Waals surface area contributed by atoms with Crippen LogP contribution in [0.25, 0.3) is 0 Å². The maximum absolute atomic E-state index is 13.4. The minimum atomic E-state index is -3.60. The monoisotopic (exact) mass is 378 g/mol. The van der Waals surface area contributed by atoms with Crippen molar-refractivity contribution in [1.82, 2.24) is 9.97 Å². The van der Waals surface area contributed by atoms with Crippen LogP contribution in [0, 0.1) is 0 Å². The fourth-order valence-electron chi connectivity index (χ4n) is 0.772. The fourth-order valence-corrected chi connectivity index (χ4v) is 2.27. The van der Waals surface area contributed by atoms with Gasteiger partial charge in [0.05, 0.1) is 0 Å². The zero-order valence-corrected chi connectivity index (χ0v) is 11.8. The highest BCUT2D eigenvalue weighted by Gasteiger charge is 2.50. The largest absolute Gasteiger partial charge is 0.344 e. The van der Waals surface area contributed by atoms with Gasteiger partial charge < -0.3 is 0 Å². The molecule has 0 radical (unpaired) electrons. The van der Waals surface area contributed by atoms with Crippen LogP contribution in [-0.2, 0) is 0 Å². The SMILES string of the molecule is FC(F)(Br)[C@](F)(Br)CCSc1ncccn1. The van der Waals surface area contributed by atoms with Crippen LogP contribution in [0.15, 0.2) is 23.6 Å². The van der Waals surface area contributed by atoms with Crippen LogP contribution >= 0.6 is 43.6 Å². The van der Waals surface area contributed by atoms with E-state index in [1.54, 1.807) is 6.07 Å². The Balaban J connectivity index is 2.42. The van der Waals surface area contributed by atoms with E-state index in [4.69, 9.17) is 0 Å². The van der Waals surface area contributed by atoms with Crippen molar-refractivity contribution < 1.29 is 13.2 Å². The second-order valence-corrected chi connectivity index (χ2v) is 6.15. The van der Waals surface area contributed by atoms with E-state index in [2.05, 4.69) is 25.9 Å². The Morgan fingerprint density at radius 3 is 2.25 bits per heavy atom. The van der Waals surface area contributed by atoms with Crippen LogP contribution in [-0.4, -0.2) is 25.1 Å². The van der Waals surface area contributed by atoms with E-state index in [1.165, 1.54) is 12.4 Å². The molecule has 1 aromatic heterocycles. The van der Waals surface area contributed by atoms with Gasteiger partial charge in [0.15, 0.2) is 5.16 Å². The summed E-state index contributed by atoms with van der Waals surface area (Å²) in [6, 6.07) is 1.64. The predicted octanol–water partition coefficient (Wildman–Crippen LogP) is 4.01. The molecule has 1 aromatic rings. The Morgan fingerprint density at radius 1 is 1.19 bits per heavy atom. The quantitative estimate of drug-likeness (QED) is 0.439. The molecule has 2 nitrogen and oxygen atoms in total. The third-order valence-corrected chi connectivity index (χ3v) is 4.54. The minimum absolute atomic E-state index is 0.146. The molecule has 16 heavy (non-hydrogen) atoms. The summed E-state index contributed by atoms with van der Waals surface area (Å²) < 4.78 is 36.0. The van der Waals surface area contributed by atoms with E-state index in [0.717, 1.165) is 11.8 Å². The molecule has 0 aliphatic heterocycles. The van der Waals surface area contributed by atoms with Crippen molar-refractivity contribution in [2.45, 2.75) is 21.0 Å². The lowest BCUT2D eigenvalue weighted by atomic mass is 10.3. The summed E-state index contributed by atoms with van der Waals surface area (Å²) in [4.78, 5) is 4.15. The van der Waals surface area contributed by atoms with Crippen LogP contribution < -0.4 is 0 Å². The van der Waals surface area contributed by atoms with Crippen molar-refractivity contribution in [2.75, 3.05) is 5.75 Å². The number of hydrogen-bond donors (Lipinski definition) is 0. The van der Waals surface area contributed by atoms with Crippen molar-refractivity contribution in [2.24, 2.45) is 0 Å². The maximum atomic E-state index is 13.4. The summed E-state index contributed by atoms with van der Waals surface area (Å²) >= 11 is 5.47. The van der Waals surface area contributed by atoms with Gasteiger partial charge in [-0.25, -0.2) is 14.4 Å². The molecule has 0 aromatic carbocycles. The van der Waals surface area contributed by atoms with E-state index in [0.29, 0.717) is 5.16 Å². The van der Waals surface area contributed by atoms with Crippen LogP contribution in [0.3, 0.4) is 0 Å². The van der Waals surface area contributed by atoms with Crippen molar-refractivity contribution >= 4 is 43.6 Å². The van der Waals surface area contributed by atoms with Gasteiger partial charge >= 0.3 is 4.83 Å². The van der Waals surface area contributed by atoms with Crippen LogP contribution in [0.1, 0.15) is 6.42 Å². The van der Waals surface area contributed by atoms with E-state index < -0.39 is 9.41 Å². The minimum Gasteiger partial charge on any atom is -0.231 e. The number of nitrogens with zero attached hydrogens (tertiary/aromatic N) is 2. The highest BCUT2D eigenvalue weighted by atomic mass is 79.9. The second-order valence-electron chi connectivity index (χ2n) is 2.83. The second kappa shape index (κ2) is 5.68. The zero-order chi connectivity index (χ0) is 12.2. The average Bonchev–Trinajstić information content (AvgIpc) is 2.17. The van der Waals surface area contributed by atoms with Gasteiger partial charge in [0.2, 0.25) is 4.58 Å². The normalized spacial score (nSPS) is 15.8. The van der Waals surface area contributed by atoms with Crippen molar-refractivity contribution in [3.05, 3.63) is 18.5 Å². The molecule has 0 spiro atoms. The standard InChI is InChI=1S/C8H7Br2F3N2S/c9-7(11,8(10,12)13)2-5-16-6-14-3-1-4-15-6/h1,3-4H,2,5H2/t7-/m0/s1. The Bertz CT molecular complexity index is 332. The molecule has 1 heterocycles. The molecular formula is C8H7Br2F3N2S. The van der Waals surface area contributed by atoms with Crippen LogP contribution in [0.2, 0.25) is 0 Å². The molecule has 0 aliphatic carbocycles. The summed E-state index contributed by atoms with van der Waals surface area (Å²) in [6.45, 7) is 0. The van der Waals surface area contributed by atoms with Gasteiger partial charge in [-0.2, -0.15) is 8.78 Å². The molecule has 0 N–H and O–H groups in total. The number of hydrogen-bond acceptors (Lipinski definition) is 3. The van der Waals surface area contributed by atoms with Crippen molar-refractivity contribution in [3.63, 3.8) is 0 Å². The first-order valence-electron chi connectivity index (χ1n) is 4.17. The Hall–Kier alpha value is 0.180. The van der Waals surface area contributed by atoms with Gasteiger partial charge in [-0.15, -0.1) is 0 Å². The summed E-state index contributed by atoms with van der Waals surface area (Å²) in [6.07, 6.45) is 2.70. The molecule has 1 rings (SSSR count). The van der Waals surface area contributed by atoms with Gasteiger partial charge in [-0.05, 0) is 37.9 Å². The topological polar surface area (TPSA) is 25.8 Å². The molecule has 8 heteroatoms. The van der Waals surface area contributed by atoms with Gasteiger partial charge in [0, 0.05) is 24.6 Å². The van der Waals surface area contributed by atoms with E-state index in [9.17, 15) is 13.2 Å². The summed E-state index contributed by atoms with van der Waals surface area (Å²) in [5.74, 6) is 0.146. The number of aromatic nitrogens is 2. The number of thioether (sulfide) groups is 1. The van der Waals surface area contributed by atoms with Crippen molar-refractivity contribution in [3.8, 4) is 0 Å². The molecule has 1 atom stereocenters. The molecule has 0 unspecified atom stereocenters. The molecule has 90 valence electrons. The van der Waals surface area contributed by atoms with Gasteiger partial charge in [0.25, 0.3) is 0 Å². The lowest BCUT2D eigenvalue weighted by Crippen LogP contribution is -2.33. The van der Waals surface area contributed by atoms with Gasteiger partial charge in [0.1, 0.15) is 0 Å². The summed E-state index contributed by atoms with van der Waals surface area (Å²) in [5, 5.41) is 0.434. The van der Waals surface area contributed by atoms with Crippen LogP contribution in [0.4, 0.5) is 13.2 Å². The maximum Gasteiger partial charge on any atom is 0.344 e. The Kier molecular flexibility index (Phi) is 5.06. The highest BCUT2D eigenvalue weighted by molar-refractivity contribution is 9.12. The lowest BCUT2D eigenvalue weighted by Gasteiger charge is -2.22. The smallest absolute Gasteiger partial charge is 0.231 e. The molecule has 0 fully saturated rings. The lowest BCUT2D eigenvalue weighted by molar-refractivity contribution is 0.00363. The average molecular weight is 380 g/mol. The predicted molar refractivity (Wildman–Crippen MR) is 64.0 cm³/mol. The first kappa shape index (κ1) is 14.2. The third-order valence-electron chi connectivity index (χ3n) is 1.60. The van der Waals surface area contributed by atoms with E-state index in [1.807, 2.05) is 15.9 Å². The fraction of sp³-hybridized carbons (Fsp3) is 0.500. The molecule has 0 amide bonds. The number of alkyl halides is 5. The molecule has 0 saturated heterocycles. The molecule has 0 saturated carbocycles. The molecular weight excluding hydrogens is 373 g/mol. The number of halogens is 5. The van der Waals surface area contributed by atoms with E-state index in [-0.39, 0.29) is 12.2 Å². The first-order valence-corrected chi connectivity index (χ1v) is 6.74. The number of rotatable bonds is 5. The Labute approximate surface area is 112 Å².